The molecule has 0 spiro atoms. The Morgan fingerprint density at radius 2 is 1.95 bits per heavy atom. The van der Waals surface area contributed by atoms with Crippen molar-refractivity contribution in [1.29, 1.82) is 0 Å². The summed E-state index contributed by atoms with van der Waals surface area (Å²) in [5.41, 5.74) is 2.12. The largest absolute Gasteiger partial charge is 0.434 e. The summed E-state index contributed by atoms with van der Waals surface area (Å²) >= 11 is 6.38. The van der Waals surface area contributed by atoms with Crippen molar-refractivity contribution in [3.8, 4) is 23.0 Å². The topological polar surface area (TPSA) is 125 Å². The Labute approximate surface area is 231 Å². The molecule has 1 N–H and O–H groups in total. The summed E-state index contributed by atoms with van der Waals surface area (Å²) in [7, 11) is 1.80. The van der Waals surface area contributed by atoms with Crippen LogP contribution in [0.4, 0.5) is 0 Å². The summed E-state index contributed by atoms with van der Waals surface area (Å²) in [6.45, 7) is 5.40. The number of methoxy groups -OCH3 is 1. The van der Waals surface area contributed by atoms with Crippen molar-refractivity contribution in [2.24, 2.45) is 17.8 Å². The molecule has 2 unspecified atom stereocenters. The first-order chi connectivity index (χ1) is 18.9. The van der Waals surface area contributed by atoms with Gasteiger partial charge < -0.3 is 13.7 Å². The third-order valence-electron chi connectivity index (χ3n) is 8.76. The number of imidazole rings is 1. The average molecular weight is 552 g/mol. The number of ether oxygens (including phenoxy) is 1. The van der Waals surface area contributed by atoms with Gasteiger partial charge in [0.05, 0.1) is 5.02 Å². The molecule has 2 atom stereocenters. The second-order valence-corrected chi connectivity index (χ2v) is 11.7. The number of hydrogen-bond acceptors (Lipinski definition) is 8. The number of aromatic nitrogens is 7. The van der Waals surface area contributed by atoms with Gasteiger partial charge in [0.2, 0.25) is 5.82 Å². The number of halogens is 1. The number of H-pyrrole nitrogens is 1. The third-order valence-corrected chi connectivity index (χ3v) is 8.97. The fraction of sp³-hybridized carbons (Fsp3) is 0.571. The minimum absolute atomic E-state index is 0.00277. The highest BCUT2D eigenvalue weighted by molar-refractivity contribution is 6.30. The number of aromatic amines is 1. The molecule has 4 aromatic heterocycles. The molecule has 206 valence electrons. The maximum Gasteiger partial charge on any atom is 0.434 e. The molecule has 2 saturated carbocycles. The van der Waals surface area contributed by atoms with Crippen LogP contribution in [0.15, 0.2) is 27.7 Å². The maximum atomic E-state index is 11.7. The summed E-state index contributed by atoms with van der Waals surface area (Å²) in [5, 5.41) is 6.77. The quantitative estimate of drug-likeness (QED) is 0.320. The summed E-state index contributed by atoms with van der Waals surface area (Å²) in [4.78, 5) is 30.9. The van der Waals surface area contributed by atoms with Crippen LogP contribution in [0.3, 0.4) is 0 Å². The second kappa shape index (κ2) is 10.5. The van der Waals surface area contributed by atoms with Gasteiger partial charge >= 0.3 is 5.76 Å². The van der Waals surface area contributed by atoms with E-state index in [2.05, 4.69) is 33.6 Å². The van der Waals surface area contributed by atoms with Crippen LogP contribution in [0.25, 0.3) is 34.1 Å². The predicted molar refractivity (Wildman–Crippen MR) is 147 cm³/mol. The predicted octanol–water partition coefficient (Wildman–Crippen LogP) is 5.76. The molecule has 2 aliphatic carbocycles. The first kappa shape index (κ1) is 26.1. The minimum atomic E-state index is -0.674. The minimum Gasteiger partial charge on any atom is -0.384 e. The Morgan fingerprint density at radius 3 is 2.64 bits per heavy atom. The molecule has 0 saturated heterocycles. The molecular formula is C28H34ClN7O3. The van der Waals surface area contributed by atoms with Gasteiger partial charge in [-0.05, 0) is 49.5 Å². The smallest absolute Gasteiger partial charge is 0.384 e. The van der Waals surface area contributed by atoms with Gasteiger partial charge in [-0.25, -0.2) is 24.8 Å². The molecule has 0 amide bonds. The molecule has 0 bridgehead atoms. The van der Waals surface area contributed by atoms with Gasteiger partial charge in [-0.3, -0.25) is 4.98 Å². The first-order valence-corrected chi connectivity index (χ1v) is 14.3. The number of nitrogens with one attached hydrogen (secondary N) is 1. The van der Waals surface area contributed by atoms with Crippen LogP contribution in [0, 0.1) is 17.8 Å². The molecule has 39 heavy (non-hydrogen) atoms. The van der Waals surface area contributed by atoms with Crippen molar-refractivity contribution >= 4 is 22.8 Å². The Hall–Kier alpha value is -3.11. The van der Waals surface area contributed by atoms with E-state index in [1.54, 1.807) is 19.5 Å². The molecule has 4 heterocycles. The highest BCUT2D eigenvalue weighted by atomic mass is 35.5. The summed E-state index contributed by atoms with van der Waals surface area (Å²) in [5.74, 6) is 1.94. The van der Waals surface area contributed by atoms with Crippen LogP contribution in [0.2, 0.25) is 5.02 Å². The monoisotopic (exact) mass is 551 g/mol. The lowest BCUT2D eigenvalue weighted by Gasteiger charge is -2.41. The summed E-state index contributed by atoms with van der Waals surface area (Å²) < 4.78 is 13.9. The van der Waals surface area contributed by atoms with Crippen molar-refractivity contribution in [3.05, 3.63) is 39.9 Å². The van der Waals surface area contributed by atoms with Crippen molar-refractivity contribution in [2.45, 2.75) is 77.4 Å². The Morgan fingerprint density at radius 1 is 1.13 bits per heavy atom. The number of fused-ring (bicyclic) bond motifs is 1. The average Bonchev–Trinajstić information content (AvgIpc) is 3.54. The highest BCUT2D eigenvalue weighted by Gasteiger charge is 2.45. The van der Waals surface area contributed by atoms with Gasteiger partial charge in [0.15, 0.2) is 5.65 Å². The van der Waals surface area contributed by atoms with Gasteiger partial charge in [-0.2, -0.15) is 0 Å². The zero-order chi connectivity index (χ0) is 27.1. The highest BCUT2D eigenvalue weighted by Crippen LogP contribution is 2.46. The van der Waals surface area contributed by atoms with E-state index < -0.39 is 11.4 Å². The molecule has 4 aromatic rings. The van der Waals surface area contributed by atoms with Crippen LogP contribution >= 0.6 is 11.6 Å². The molecule has 6 rings (SSSR count). The lowest BCUT2D eigenvalue weighted by Crippen LogP contribution is -2.41. The zero-order valence-corrected chi connectivity index (χ0v) is 23.4. The van der Waals surface area contributed by atoms with Gasteiger partial charge in [0.1, 0.15) is 22.6 Å². The number of nitrogens with zero attached hydrogens (tertiary/aromatic N) is 6. The first-order valence-electron chi connectivity index (χ1n) is 13.9. The number of pyridine rings is 1. The number of hydrogen-bond donors (Lipinski definition) is 1. The number of rotatable bonds is 6. The molecule has 0 aliphatic heterocycles. The van der Waals surface area contributed by atoms with Crippen LogP contribution in [-0.2, 0) is 16.9 Å². The van der Waals surface area contributed by atoms with Crippen molar-refractivity contribution in [1.82, 2.24) is 34.7 Å². The van der Waals surface area contributed by atoms with Crippen molar-refractivity contribution < 1.29 is 9.15 Å². The summed E-state index contributed by atoms with van der Waals surface area (Å²) in [6.07, 6.45) is 12.3. The van der Waals surface area contributed by atoms with Gasteiger partial charge in [0, 0.05) is 31.6 Å². The molecule has 2 aliphatic rings. The van der Waals surface area contributed by atoms with Gasteiger partial charge in [-0.15, -0.1) is 5.10 Å². The summed E-state index contributed by atoms with van der Waals surface area (Å²) in [6, 6.07) is 1.83. The van der Waals surface area contributed by atoms with Crippen LogP contribution in [-0.4, -0.2) is 41.8 Å². The third kappa shape index (κ3) is 4.78. The van der Waals surface area contributed by atoms with E-state index in [4.69, 9.17) is 35.7 Å². The molecule has 0 radical (unpaired) electrons. The van der Waals surface area contributed by atoms with E-state index in [-0.39, 0.29) is 17.6 Å². The van der Waals surface area contributed by atoms with E-state index in [1.165, 1.54) is 32.1 Å². The van der Waals surface area contributed by atoms with Gasteiger partial charge in [0.25, 0.3) is 5.89 Å². The van der Waals surface area contributed by atoms with Crippen molar-refractivity contribution in [3.63, 3.8) is 0 Å². The molecule has 0 aromatic carbocycles. The lowest BCUT2D eigenvalue weighted by molar-refractivity contribution is -0.0923. The molecule has 11 heteroatoms. The lowest BCUT2D eigenvalue weighted by atomic mass is 9.75. The van der Waals surface area contributed by atoms with Crippen LogP contribution < -0.4 is 5.76 Å². The van der Waals surface area contributed by atoms with E-state index in [9.17, 15) is 4.79 Å². The molecule has 10 nitrogen and oxygen atoms in total. The van der Waals surface area contributed by atoms with E-state index in [1.807, 2.05) is 6.07 Å². The fourth-order valence-electron chi connectivity index (χ4n) is 6.52. The Balaban J connectivity index is 1.62. The van der Waals surface area contributed by atoms with E-state index >= 15 is 0 Å². The van der Waals surface area contributed by atoms with E-state index in [0.29, 0.717) is 22.3 Å². The Kier molecular flexibility index (Phi) is 7.01. The molecule has 2 fully saturated rings. The normalized spacial score (nSPS) is 25.8. The SMILES string of the molecule is COC1(c2nc3nc(-c4n[nH]c(=O)o4)nc(-c4cncc(Cl)c4)c3n2CC2CCC(C)CC2)CCCCC1C. The van der Waals surface area contributed by atoms with Crippen LogP contribution in [0.1, 0.15) is 71.0 Å². The van der Waals surface area contributed by atoms with E-state index in [0.717, 1.165) is 48.6 Å². The second-order valence-electron chi connectivity index (χ2n) is 11.3. The molecular weight excluding hydrogens is 518 g/mol. The maximum absolute atomic E-state index is 11.7. The van der Waals surface area contributed by atoms with Gasteiger partial charge in [-0.1, -0.05) is 51.1 Å². The fourth-order valence-corrected chi connectivity index (χ4v) is 6.69. The Bertz CT molecular complexity index is 1540. The zero-order valence-electron chi connectivity index (χ0n) is 22.6. The van der Waals surface area contributed by atoms with Crippen LogP contribution in [0.5, 0.6) is 0 Å². The standard InChI is InChI=1S/C28H34ClN7O3/c1-16-7-9-18(10-8-16)15-36-22-21(19-12-20(29)14-30-13-19)31-24(25-34-35-27(37)39-25)32-23(22)33-26(36)28(38-3)11-5-4-6-17(28)2/h12-14,16-18H,4-11,15H2,1-3H3,(H,35,37). The van der Waals surface area contributed by atoms with Crippen molar-refractivity contribution in [2.75, 3.05) is 7.11 Å².